The van der Waals surface area contributed by atoms with E-state index < -0.39 is 10.0 Å². The molecule has 4 rings (SSSR count). The van der Waals surface area contributed by atoms with E-state index >= 15 is 0 Å². The Morgan fingerprint density at radius 1 is 1.24 bits per heavy atom. The van der Waals surface area contributed by atoms with Gasteiger partial charge in [-0.3, -0.25) is 13.8 Å². The number of amides is 1. The first-order valence-corrected chi connectivity index (χ1v) is 13.3. The molecule has 2 heterocycles. The van der Waals surface area contributed by atoms with Gasteiger partial charge in [0.15, 0.2) is 0 Å². The van der Waals surface area contributed by atoms with Crippen LogP contribution in [-0.4, -0.2) is 24.7 Å². The summed E-state index contributed by atoms with van der Waals surface area (Å²) in [4.78, 5) is 13.1. The number of rotatable bonds is 7. The van der Waals surface area contributed by atoms with Crippen LogP contribution in [0.25, 0.3) is 0 Å². The number of nitrogens with zero attached hydrogens (tertiary/aromatic N) is 1. The lowest BCUT2D eigenvalue weighted by Crippen LogP contribution is -2.34. The van der Waals surface area contributed by atoms with E-state index in [1.165, 1.54) is 18.2 Å². The lowest BCUT2D eigenvalue weighted by Gasteiger charge is -2.21. The molecular weight excluding hydrogens is 548 g/mol. The molecule has 3 N–H and O–H groups in total. The summed E-state index contributed by atoms with van der Waals surface area (Å²) in [5.41, 5.74) is 1.94. The molecule has 0 fully saturated rings. The quantitative estimate of drug-likeness (QED) is 0.411. The minimum Gasteiger partial charge on any atom is -0.349 e. The van der Waals surface area contributed by atoms with Crippen LogP contribution in [-0.2, 0) is 16.4 Å². The van der Waals surface area contributed by atoms with Crippen molar-refractivity contribution in [1.82, 2.24) is 14.3 Å². The van der Waals surface area contributed by atoms with Gasteiger partial charge in [-0.2, -0.15) is 0 Å². The summed E-state index contributed by atoms with van der Waals surface area (Å²) in [6, 6.07) is 12.1. The second-order valence-electron chi connectivity index (χ2n) is 7.44. The topological polar surface area (TPSA) is 90.5 Å². The first-order chi connectivity index (χ1) is 15.7. The lowest BCUT2D eigenvalue weighted by molar-refractivity contribution is 0.0941. The van der Waals surface area contributed by atoms with Crippen molar-refractivity contribution < 1.29 is 13.2 Å². The Hall–Kier alpha value is -2.40. The largest absolute Gasteiger partial charge is 0.349 e. The van der Waals surface area contributed by atoms with Crippen molar-refractivity contribution in [3.63, 3.8) is 0 Å². The first kappa shape index (κ1) is 23.7. The standard InChI is InChI=1S/C22H20BrClN4O3S2/c1-14(11-15-4-7-17(24)8-5-15)26-22(29)18-9-6-16(23)12-19(18)27-33(30,31)21-3-2-10-28-20(21)13-25-32-28/h2-10,12-14,25,27H,11H2,1H3,(H,26,29). The molecule has 33 heavy (non-hydrogen) atoms. The molecule has 2 aliphatic heterocycles. The number of anilines is 1. The van der Waals surface area contributed by atoms with E-state index in [2.05, 4.69) is 30.7 Å². The van der Waals surface area contributed by atoms with Gasteiger partial charge in [0.25, 0.3) is 15.9 Å². The molecule has 11 heteroatoms. The maximum absolute atomic E-state index is 13.2. The SMILES string of the molecule is CC(Cc1ccc(Cl)cc1)NC(=O)c1ccc(Br)cc1NS(=O)(=O)C1=CC=CN2SNC=C12. The maximum Gasteiger partial charge on any atom is 0.264 e. The van der Waals surface area contributed by atoms with Crippen LogP contribution in [0.5, 0.6) is 0 Å². The van der Waals surface area contributed by atoms with Crippen LogP contribution in [0, 0.1) is 0 Å². The summed E-state index contributed by atoms with van der Waals surface area (Å²) in [7, 11) is -3.96. The Kier molecular flexibility index (Phi) is 7.08. The molecule has 0 bridgehead atoms. The summed E-state index contributed by atoms with van der Waals surface area (Å²) < 4.78 is 34.3. The highest BCUT2D eigenvalue weighted by Gasteiger charge is 2.30. The fourth-order valence-corrected chi connectivity index (χ4v) is 5.85. The number of carbonyl (C=O) groups is 1. The molecule has 2 aliphatic rings. The van der Waals surface area contributed by atoms with Gasteiger partial charge in [0.2, 0.25) is 0 Å². The Bertz CT molecular complexity index is 1280. The molecule has 0 aliphatic carbocycles. The van der Waals surface area contributed by atoms with Crippen molar-refractivity contribution in [2.24, 2.45) is 0 Å². The number of carbonyl (C=O) groups excluding carboxylic acids is 1. The van der Waals surface area contributed by atoms with E-state index in [0.29, 0.717) is 21.6 Å². The summed E-state index contributed by atoms with van der Waals surface area (Å²) in [5.74, 6) is -0.377. The second kappa shape index (κ2) is 9.84. The molecule has 0 radical (unpaired) electrons. The van der Waals surface area contributed by atoms with Crippen LogP contribution in [0.15, 0.2) is 82.1 Å². The molecule has 0 saturated heterocycles. The molecule has 0 saturated carbocycles. The van der Waals surface area contributed by atoms with Gasteiger partial charge >= 0.3 is 0 Å². The van der Waals surface area contributed by atoms with Crippen LogP contribution in [0.2, 0.25) is 5.02 Å². The molecule has 172 valence electrons. The number of nitrogens with one attached hydrogen (secondary N) is 3. The second-order valence-corrected chi connectivity index (χ2v) is 11.3. The zero-order valence-corrected chi connectivity index (χ0v) is 21.4. The predicted molar refractivity (Wildman–Crippen MR) is 137 cm³/mol. The summed E-state index contributed by atoms with van der Waals surface area (Å²) in [6.07, 6.45) is 7.15. The van der Waals surface area contributed by atoms with E-state index in [1.807, 2.05) is 19.1 Å². The number of hydrogen-bond acceptors (Lipinski definition) is 6. The Morgan fingerprint density at radius 2 is 2.00 bits per heavy atom. The molecule has 2 aromatic carbocycles. The van der Waals surface area contributed by atoms with Gasteiger partial charge in [-0.15, -0.1) is 0 Å². The molecule has 1 amide bonds. The average molecular weight is 568 g/mol. The Labute approximate surface area is 210 Å². The van der Waals surface area contributed by atoms with Crippen LogP contribution >= 0.6 is 39.7 Å². The van der Waals surface area contributed by atoms with Crippen molar-refractivity contribution in [3.8, 4) is 0 Å². The third-order valence-corrected chi connectivity index (χ3v) is 7.79. The highest BCUT2D eigenvalue weighted by molar-refractivity contribution is 9.10. The number of fused-ring (bicyclic) bond motifs is 1. The molecular formula is C22H20BrClN4O3S2. The average Bonchev–Trinajstić information content (AvgIpc) is 3.24. The molecule has 1 unspecified atom stereocenters. The highest BCUT2D eigenvalue weighted by Crippen LogP contribution is 2.34. The van der Waals surface area contributed by atoms with Gasteiger partial charge in [0.05, 0.1) is 29.1 Å². The van der Waals surface area contributed by atoms with Crippen molar-refractivity contribution >= 4 is 61.3 Å². The molecule has 7 nitrogen and oxygen atoms in total. The molecule has 0 spiro atoms. The summed E-state index contributed by atoms with van der Waals surface area (Å²) in [6.45, 7) is 1.89. The van der Waals surface area contributed by atoms with Crippen molar-refractivity contribution in [1.29, 1.82) is 0 Å². The fourth-order valence-electron chi connectivity index (χ4n) is 3.39. The molecule has 2 aromatic rings. The van der Waals surface area contributed by atoms with Crippen molar-refractivity contribution in [2.75, 3.05) is 4.72 Å². The molecule has 0 aromatic heterocycles. The number of sulfonamides is 1. The maximum atomic E-state index is 13.2. The summed E-state index contributed by atoms with van der Waals surface area (Å²) >= 11 is 10.6. The minimum absolute atomic E-state index is 0.102. The predicted octanol–water partition coefficient (Wildman–Crippen LogP) is 4.93. The Morgan fingerprint density at radius 3 is 2.76 bits per heavy atom. The van der Waals surface area contributed by atoms with Crippen LogP contribution in [0.4, 0.5) is 5.69 Å². The normalized spacial score (nSPS) is 15.8. The Balaban J connectivity index is 1.53. The first-order valence-electron chi connectivity index (χ1n) is 9.91. The summed E-state index contributed by atoms with van der Waals surface area (Å²) in [5, 5.41) is 3.59. The highest BCUT2D eigenvalue weighted by atomic mass is 79.9. The van der Waals surface area contributed by atoms with E-state index in [9.17, 15) is 13.2 Å². The number of hydrogen-bond donors (Lipinski definition) is 3. The molecule has 1 atom stereocenters. The van der Waals surface area contributed by atoms with Crippen molar-refractivity contribution in [2.45, 2.75) is 19.4 Å². The number of benzene rings is 2. The van der Waals surface area contributed by atoms with E-state index in [-0.39, 0.29) is 28.1 Å². The fraction of sp³-hybridized carbons (Fsp3) is 0.136. The van der Waals surface area contributed by atoms with E-state index in [1.54, 1.807) is 53.1 Å². The zero-order chi connectivity index (χ0) is 23.6. The minimum atomic E-state index is -3.96. The van der Waals surface area contributed by atoms with Gasteiger partial charge < -0.3 is 10.0 Å². The van der Waals surface area contributed by atoms with Crippen LogP contribution in [0.3, 0.4) is 0 Å². The third kappa shape index (κ3) is 5.57. The number of halogens is 2. The van der Waals surface area contributed by atoms with Crippen LogP contribution in [0.1, 0.15) is 22.8 Å². The van der Waals surface area contributed by atoms with E-state index in [4.69, 9.17) is 11.6 Å². The zero-order valence-electron chi connectivity index (χ0n) is 17.4. The van der Waals surface area contributed by atoms with Gasteiger partial charge in [-0.25, -0.2) is 8.42 Å². The van der Waals surface area contributed by atoms with Crippen molar-refractivity contribution in [3.05, 3.63) is 98.2 Å². The lowest BCUT2D eigenvalue weighted by atomic mass is 10.1. The van der Waals surface area contributed by atoms with Gasteiger partial charge in [0, 0.05) is 27.9 Å². The third-order valence-electron chi connectivity index (χ3n) is 4.90. The smallest absolute Gasteiger partial charge is 0.264 e. The van der Waals surface area contributed by atoms with E-state index in [0.717, 1.165) is 5.56 Å². The van der Waals surface area contributed by atoms with Gasteiger partial charge in [0.1, 0.15) is 4.91 Å². The van der Waals surface area contributed by atoms with Gasteiger partial charge in [-0.05, 0) is 61.4 Å². The monoisotopic (exact) mass is 566 g/mol. The van der Waals surface area contributed by atoms with Gasteiger partial charge in [-0.1, -0.05) is 39.7 Å². The number of allylic oxidation sites excluding steroid dienone is 2. The van der Waals surface area contributed by atoms with Crippen LogP contribution < -0.4 is 14.8 Å².